The third-order valence-electron chi connectivity index (χ3n) is 2.56. The molecule has 0 saturated carbocycles. The van der Waals surface area contributed by atoms with Crippen molar-refractivity contribution in [2.75, 3.05) is 5.73 Å². The number of benzene rings is 2. The minimum absolute atomic E-state index is 0.228. The van der Waals surface area contributed by atoms with Gasteiger partial charge >= 0.3 is 0 Å². The number of halogens is 2. The van der Waals surface area contributed by atoms with Crippen molar-refractivity contribution in [2.24, 2.45) is 0 Å². The van der Waals surface area contributed by atoms with Gasteiger partial charge in [-0.05, 0) is 18.2 Å². The van der Waals surface area contributed by atoms with E-state index < -0.39 is 5.82 Å². The Kier molecular flexibility index (Phi) is 2.45. The van der Waals surface area contributed by atoms with Crippen molar-refractivity contribution < 1.29 is 8.81 Å². The molecule has 1 aromatic heterocycles. The van der Waals surface area contributed by atoms with E-state index in [0.29, 0.717) is 22.0 Å². The van der Waals surface area contributed by atoms with Gasteiger partial charge in [0.05, 0.1) is 5.69 Å². The molecule has 0 spiro atoms. The van der Waals surface area contributed by atoms with E-state index in [1.165, 1.54) is 12.1 Å². The number of nitrogens with two attached hydrogens (primary N) is 1. The van der Waals surface area contributed by atoms with Gasteiger partial charge in [0, 0.05) is 22.7 Å². The molecule has 18 heavy (non-hydrogen) atoms. The maximum absolute atomic E-state index is 13.2. The van der Waals surface area contributed by atoms with Crippen molar-refractivity contribution in [3.63, 3.8) is 0 Å². The van der Waals surface area contributed by atoms with Gasteiger partial charge < -0.3 is 10.2 Å². The molecule has 0 atom stereocenters. The molecule has 2 aromatic carbocycles. The Morgan fingerprint density at radius 2 is 2.06 bits per heavy atom. The molecule has 0 unspecified atom stereocenters. The number of oxazole rings is 1. The molecule has 0 radical (unpaired) electrons. The number of anilines is 1. The third-order valence-corrected chi connectivity index (χ3v) is 2.79. The van der Waals surface area contributed by atoms with Crippen LogP contribution >= 0.6 is 11.6 Å². The first-order valence-electron chi connectivity index (χ1n) is 5.25. The molecule has 0 amide bonds. The number of nitrogen functional groups attached to an aromatic ring is 1. The summed E-state index contributed by atoms with van der Waals surface area (Å²) < 4.78 is 18.7. The van der Waals surface area contributed by atoms with Crippen LogP contribution in [0.3, 0.4) is 0 Å². The highest BCUT2D eigenvalue weighted by atomic mass is 35.5. The van der Waals surface area contributed by atoms with Crippen LogP contribution in [0.1, 0.15) is 0 Å². The van der Waals surface area contributed by atoms with Gasteiger partial charge in [0.25, 0.3) is 0 Å². The van der Waals surface area contributed by atoms with Gasteiger partial charge in [0.1, 0.15) is 11.3 Å². The van der Waals surface area contributed by atoms with Crippen LogP contribution in [-0.4, -0.2) is 4.98 Å². The Morgan fingerprint density at radius 1 is 1.22 bits per heavy atom. The van der Waals surface area contributed by atoms with Gasteiger partial charge in [-0.3, -0.25) is 0 Å². The van der Waals surface area contributed by atoms with Crippen LogP contribution in [0, 0.1) is 5.82 Å². The van der Waals surface area contributed by atoms with Crippen LogP contribution in [0.2, 0.25) is 5.02 Å². The van der Waals surface area contributed by atoms with E-state index in [4.69, 9.17) is 21.8 Å². The monoisotopic (exact) mass is 262 g/mol. The zero-order chi connectivity index (χ0) is 12.7. The summed E-state index contributed by atoms with van der Waals surface area (Å²) in [4.78, 5) is 4.20. The molecule has 0 aliphatic rings. The fraction of sp³-hybridized carbons (Fsp3) is 0. The van der Waals surface area contributed by atoms with Gasteiger partial charge in [0.2, 0.25) is 5.89 Å². The quantitative estimate of drug-likeness (QED) is 0.677. The van der Waals surface area contributed by atoms with Crippen LogP contribution in [0.15, 0.2) is 40.8 Å². The molecule has 2 N–H and O–H groups in total. The second-order valence-corrected chi connectivity index (χ2v) is 4.31. The van der Waals surface area contributed by atoms with Crippen molar-refractivity contribution in [3.8, 4) is 11.5 Å². The summed E-state index contributed by atoms with van der Waals surface area (Å²) in [5.74, 6) is -0.0734. The van der Waals surface area contributed by atoms with E-state index in [-0.39, 0.29) is 5.69 Å². The van der Waals surface area contributed by atoms with Crippen molar-refractivity contribution in [2.45, 2.75) is 0 Å². The lowest BCUT2D eigenvalue weighted by molar-refractivity contribution is 0.616. The van der Waals surface area contributed by atoms with E-state index in [1.807, 2.05) is 6.07 Å². The summed E-state index contributed by atoms with van der Waals surface area (Å²) in [5, 5.41) is 0.578. The Morgan fingerprint density at radius 3 is 2.83 bits per heavy atom. The second kappa shape index (κ2) is 3.99. The Bertz CT molecular complexity index is 739. The topological polar surface area (TPSA) is 52.0 Å². The molecular formula is C13H8ClFN2O. The number of aromatic nitrogens is 1. The number of rotatable bonds is 1. The highest BCUT2D eigenvalue weighted by Gasteiger charge is 2.12. The molecule has 90 valence electrons. The summed E-state index contributed by atoms with van der Waals surface area (Å²) >= 11 is 5.90. The predicted molar refractivity (Wildman–Crippen MR) is 68.8 cm³/mol. The van der Waals surface area contributed by atoms with Gasteiger partial charge in [0.15, 0.2) is 5.58 Å². The zero-order valence-corrected chi connectivity index (χ0v) is 9.91. The number of nitrogens with zero attached hydrogens (tertiary/aromatic N) is 1. The minimum Gasteiger partial charge on any atom is -0.434 e. The molecule has 1 heterocycles. The number of hydrogen-bond donors (Lipinski definition) is 1. The lowest BCUT2D eigenvalue weighted by Gasteiger charge is -1.95. The normalized spacial score (nSPS) is 11.0. The molecule has 3 aromatic rings. The van der Waals surface area contributed by atoms with Crippen LogP contribution < -0.4 is 5.73 Å². The van der Waals surface area contributed by atoms with Gasteiger partial charge in [-0.25, -0.2) is 9.37 Å². The molecule has 0 aliphatic carbocycles. The smallest absolute Gasteiger partial charge is 0.227 e. The van der Waals surface area contributed by atoms with Crippen molar-refractivity contribution in [3.05, 3.63) is 47.2 Å². The summed E-state index contributed by atoms with van der Waals surface area (Å²) in [5.41, 5.74) is 7.40. The van der Waals surface area contributed by atoms with E-state index in [2.05, 4.69) is 4.98 Å². The van der Waals surface area contributed by atoms with Crippen LogP contribution in [0.5, 0.6) is 0 Å². The van der Waals surface area contributed by atoms with E-state index in [1.54, 1.807) is 18.2 Å². The SMILES string of the molecule is Nc1cc(F)cc2nc(-c3cccc(Cl)c3)oc12. The highest BCUT2D eigenvalue weighted by molar-refractivity contribution is 6.30. The predicted octanol–water partition coefficient (Wildman–Crippen LogP) is 3.87. The fourth-order valence-electron chi connectivity index (χ4n) is 1.77. The van der Waals surface area contributed by atoms with Crippen molar-refractivity contribution in [1.82, 2.24) is 4.98 Å². The molecule has 0 fully saturated rings. The van der Waals surface area contributed by atoms with Crippen molar-refractivity contribution >= 4 is 28.4 Å². The second-order valence-electron chi connectivity index (χ2n) is 3.87. The van der Waals surface area contributed by atoms with E-state index in [0.717, 1.165) is 5.56 Å². The Hall–Kier alpha value is -2.07. The third kappa shape index (κ3) is 1.80. The standard InChI is InChI=1S/C13H8ClFN2O/c14-8-3-1-2-7(4-8)13-17-11-6-9(15)5-10(16)12(11)18-13/h1-6H,16H2. The Balaban J connectivity index is 2.22. The fourth-order valence-corrected chi connectivity index (χ4v) is 1.96. The molecule has 0 bridgehead atoms. The van der Waals surface area contributed by atoms with E-state index >= 15 is 0 Å². The van der Waals surface area contributed by atoms with Crippen molar-refractivity contribution in [1.29, 1.82) is 0 Å². The molecule has 0 aliphatic heterocycles. The van der Waals surface area contributed by atoms with Gasteiger partial charge in [-0.1, -0.05) is 17.7 Å². The lowest BCUT2D eigenvalue weighted by atomic mass is 10.2. The lowest BCUT2D eigenvalue weighted by Crippen LogP contribution is -1.86. The average molecular weight is 263 g/mol. The Labute approximate surface area is 107 Å². The highest BCUT2D eigenvalue weighted by Crippen LogP contribution is 2.29. The van der Waals surface area contributed by atoms with Gasteiger partial charge in [-0.15, -0.1) is 0 Å². The molecular weight excluding hydrogens is 255 g/mol. The summed E-state index contributed by atoms with van der Waals surface area (Å²) in [6, 6.07) is 9.55. The first-order valence-corrected chi connectivity index (χ1v) is 5.63. The number of hydrogen-bond acceptors (Lipinski definition) is 3. The minimum atomic E-state index is -0.439. The number of fused-ring (bicyclic) bond motifs is 1. The van der Waals surface area contributed by atoms with Crippen LogP contribution in [0.4, 0.5) is 10.1 Å². The summed E-state index contributed by atoms with van der Waals surface area (Å²) in [6.45, 7) is 0. The maximum atomic E-state index is 13.2. The first kappa shape index (κ1) is 11.0. The van der Waals surface area contributed by atoms with Gasteiger partial charge in [-0.2, -0.15) is 0 Å². The average Bonchev–Trinajstić information content (AvgIpc) is 2.73. The molecule has 3 nitrogen and oxygen atoms in total. The van der Waals surface area contributed by atoms with Crippen LogP contribution in [0.25, 0.3) is 22.6 Å². The first-order chi connectivity index (χ1) is 8.63. The van der Waals surface area contributed by atoms with Crippen LogP contribution in [-0.2, 0) is 0 Å². The largest absolute Gasteiger partial charge is 0.434 e. The molecule has 3 rings (SSSR count). The summed E-state index contributed by atoms with van der Waals surface area (Å²) in [7, 11) is 0. The summed E-state index contributed by atoms with van der Waals surface area (Å²) in [6.07, 6.45) is 0. The molecule has 0 saturated heterocycles. The maximum Gasteiger partial charge on any atom is 0.227 e. The zero-order valence-electron chi connectivity index (χ0n) is 9.15. The van der Waals surface area contributed by atoms with E-state index in [9.17, 15) is 4.39 Å². The molecule has 5 heteroatoms.